The third-order valence-corrected chi connectivity index (χ3v) is 1.79. The van der Waals surface area contributed by atoms with E-state index in [9.17, 15) is 4.39 Å². The van der Waals surface area contributed by atoms with E-state index in [1.807, 2.05) is 6.92 Å². The molecule has 0 N–H and O–H groups in total. The van der Waals surface area contributed by atoms with Gasteiger partial charge >= 0.3 is 0 Å². The van der Waals surface area contributed by atoms with E-state index in [0.29, 0.717) is 12.4 Å². The van der Waals surface area contributed by atoms with Crippen molar-refractivity contribution in [1.29, 1.82) is 0 Å². The molecular weight excluding hydrogens is 191 g/mol. The van der Waals surface area contributed by atoms with Crippen molar-refractivity contribution in [2.75, 3.05) is 6.61 Å². The largest absolute Gasteiger partial charge is 0.492 e. The molecule has 0 heterocycles. The van der Waals surface area contributed by atoms with E-state index >= 15 is 0 Å². The highest BCUT2D eigenvalue weighted by atomic mass is 35.5. The van der Waals surface area contributed by atoms with Gasteiger partial charge in [0.15, 0.2) is 5.82 Å². The van der Waals surface area contributed by atoms with E-state index < -0.39 is 5.82 Å². The first-order chi connectivity index (χ1) is 6.20. The van der Waals surface area contributed by atoms with Crippen LogP contribution in [-0.4, -0.2) is 6.61 Å². The third-order valence-electron chi connectivity index (χ3n) is 1.51. The lowest BCUT2D eigenvalue weighted by Crippen LogP contribution is -1.96. The Hall–Kier alpha value is -1.02. The molecule has 0 aromatic heterocycles. The number of benzene rings is 1. The van der Waals surface area contributed by atoms with Gasteiger partial charge in [-0.05, 0) is 13.0 Å². The van der Waals surface area contributed by atoms with Crippen LogP contribution in [-0.2, 0) is 0 Å². The Labute approximate surface area is 81.8 Å². The number of halogens is 2. The average Bonchev–Trinajstić information content (AvgIpc) is 2.12. The first kappa shape index (κ1) is 10.1. The highest BCUT2D eigenvalue weighted by molar-refractivity contribution is 6.30. The maximum Gasteiger partial charge on any atom is 0.152 e. The zero-order valence-electron chi connectivity index (χ0n) is 7.23. The Morgan fingerprint density at radius 3 is 3.00 bits per heavy atom. The van der Waals surface area contributed by atoms with E-state index in [0.717, 1.165) is 0 Å². The minimum absolute atomic E-state index is 0.0263. The lowest BCUT2D eigenvalue weighted by atomic mass is 10.2. The Morgan fingerprint density at radius 2 is 2.46 bits per heavy atom. The summed E-state index contributed by atoms with van der Waals surface area (Å²) in [5, 5.41) is 0.0263. The molecule has 0 saturated carbocycles. The van der Waals surface area contributed by atoms with E-state index in [1.54, 1.807) is 0 Å². The molecule has 0 unspecified atom stereocenters. The minimum Gasteiger partial charge on any atom is -0.492 e. The summed E-state index contributed by atoms with van der Waals surface area (Å²) in [6.07, 6.45) is 1.36. The summed E-state index contributed by atoms with van der Waals surface area (Å²) < 4.78 is 18.4. The van der Waals surface area contributed by atoms with Crippen molar-refractivity contribution in [3.8, 4) is 5.75 Å². The maximum absolute atomic E-state index is 13.3. The Bertz CT molecular complexity index is 323. The molecule has 0 aliphatic rings. The standard InChI is InChI=1S/C10H9ClFO/c1-3-7-9(13-4-2)6-5-8(11)10(7)12/h3,5H,1,4H2,2H3. The predicted molar refractivity (Wildman–Crippen MR) is 51.5 cm³/mol. The minimum atomic E-state index is -0.515. The van der Waals surface area contributed by atoms with Crippen molar-refractivity contribution in [3.05, 3.63) is 35.1 Å². The van der Waals surface area contributed by atoms with E-state index in [4.69, 9.17) is 16.3 Å². The molecule has 0 saturated heterocycles. The predicted octanol–water partition coefficient (Wildman–Crippen LogP) is 3.32. The second-order valence-electron chi connectivity index (χ2n) is 2.33. The molecule has 0 bridgehead atoms. The average molecular weight is 200 g/mol. The van der Waals surface area contributed by atoms with Gasteiger partial charge in [0.05, 0.1) is 17.2 Å². The summed E-state index contributed by atoms with van der Waals surface area (Å²) in [6, 6.07) is 4.07. The summed E-state index contributed by atoms with van der Waals surface area (Å²) in [4.78, 5) is 0. The second-order valence-corrected chi connectivity index (χ2v) is 2.74. The monoisotopic (exact) mass is 199 g/mol. The van der Waals surface area contributed by atoms with Gasteiger partial charge in [0, 0.05) is 6.07 Å². The smallest absolute Gasteiger partial charge is 0.152 e. The quantitative estimate of drug-likeness (QED) is 0.726. The van der Waals surface area contributed by atoms with Crippen molar-refractivity contribution in [2.24, 2.45) is 0 Å². The molecule has 3 heteroatoms. The van der Waals surface area contributed by atoms with Gasteiger partial charge < -0.3 is 4.74 Å². The Balaban J connectivity index is 3.21. The van der Waals surface area contributed by atoms with Crippen LogP contribution in [0.25, 0.3) is 6.08 Å². The summed E-state index contributed by atoms with van der Waals surface area (Å²) in [6.45, 7) is 5.75. The van der Waals surface area contributed by atoms with Gasteiger partial charge in [0.1, 0.15) is 5.75 Å². The van der Waals surface area contributed by atoms with Gasteiger partial charge in [-0.3, -0.25) is 0 Å². The maximum atomic E-state index is 13.3. The summed E-state index contributed by atoms with van der Waals surface area (Å²) >= 11 is 5.56. The molecule has 0 fully saturated rings. The molecular formula is C10H9ClFO. The zero-order valence-corrected chi connectivity index (χ0v) is 7.99. The fourth-order valence-electron chi connectivity index (χ4n) is 0.944. The van der Waals surface area contributed by atoms with Crippen molar-refractivity contribution in [2.45, 2.75) is 6.92 Å². The highest BCUT2D eigenvalue weighted by Gasteiger charge is 2.10. The van der Waals surface area contributed by atoms with Crippen LogP contribution in [0, 0.1) is 11.9 Å². The lowest BCUT2D eigenvalue weighted by molar-refractivity contribution is 0.336. The Morgan fingerprint density at radius 1 is 1.77 bits per heavy atom. The number of hydrogen-bond acceptors (Lipinski definition) is 1. The first-order valence-electron chi connectivity index (χ1n) is 3.85. The van der Waals surface area contributed by atoms with Crippen molar-refractivity contribution in [3.63, 3.8) is 0 Å². The van der Waals surface area contributed by atoms with Gasteiger partial charge in [-0.2, -0.15) is 0 Å². The van der Waals surface area contributed by atoms with Crippen molar-refractivity contribution >= 4 is 17.7 Å². The molecule has 1 aromatic rings. The van der Waals surface area contributed by atoms with Crippen LogP contribution in [0.4, 0.5) is 4.39 Å². The molecule has 0 aliphatic carbocycles. The first-order valence-corrected chi connectivity index (χ1v) is 4.23. The van der Waals surface area contributed by atoms with Gasteiger partial charge in [0.2, 0.25) is 0 Å². The van der Waals surface area contributed by atoms with Gasteiger partial charge in [-0.15, -0.1) is 0 Å². The molecule has 13 heavy (non-hydrogen) atoms. The second kappa shape index (κ2) is 4.28. The molecule has 1 rings (SSSR count). The van der Waals surface area contributed by atoms with Crippen LogP contribution in [0.2, 0.25) is 5.02 Å². The topological polar surface area (TPSA) is 9.23 Å². The number of ether oxygens (including phenoxy) is 1. The fraction of sp³-hybridized carbons (Fsp3) is 0.200. The Kier molecular flexibility index (Phi) is 3.32. The van der Waals surface area contributed by atoms with Crippen LogP contribution < -0.4 is 4.74 Å². The lowest BCUT2D eigenvalue weighted by Gasteiger charge is -2.07. The van der Waals surface area contributed by atoms with Gasteiger partial charge in [-0.1, -0.05) is 24.3 Å². The van der Waals surface area contributed by atoms with E-state index in [1.165, 1.54) is 12.1 Å². The molecule has 0 aliphatic heterocycles. The van der Waals surface area contributed by atoms with Crippen LogP contribution in [0.1, 0.15) is 12.5 Å². The van der Waals surface area contributed by atoms with Crippen molar-refractivity contribution in [1.82, 2.24) is 0 Å². The number of rotatable bonds is 3. The van der Waals surface area contributed by atoms with Crippen LogP contribution in [0.15, 0.2) is 12.6 Å². The van der Waals surface area contributed by atoms with E-state index in [2.05, 4.69) is 12.6 Å². The fourth-order valence-corrected chi connectivity index (χ4v) is 1.10. The summed E-state index contributed by atoms with van der Waals surface area (Å²) in [5.41, 5.74) is 0.259. The van der Waals surface area contributed by atoms with Crippen molar-refractivity contribution < 1.29 is 9.13 Å². The van der Waals surface area contributed by atoms with Gasteiger partial charge in [0.25, 0.3) is 0 Å². The van der Waals surface area contributed by atoms with E-state index in [-0.39, 0.29) is 10.6 Å². The zero-order chi connectivity index (χ0) is 9.84. The van der Waals surface area contributed by atoms with Gasteiger partial charge in [-0.25, -0.2) is 4.39 Å². The van der Waals surface area contributed by atoms with Crippen LogP contribution in [0.5, 0.6) is 5.75 Å². The SMILES string of the molecule is C=Cc1c(OCC)[c]cc(Cl)c1F. The molecule has 69 valence electrons. The molecule has 0 atom stereocenters. The van der Waals surface area contributed by atoms with Crippen LogP contribution in [0.3, 0.4) is 0 Å². The molecule has 1 aromatic carbocycles. The molecule has 0 amide bonds. The number of hydrogen-bond donors (Lipinski definition) is 0. The normalized spacial score (nSPS) is 9.77. The molecule has 1 nitrogen and oxygen atoms in total. The third kappa shape index (κ3) is 2.01. The molecule has 0 spiro atoms. The summed E-state index contributed by atoms with van der Waals surface area (Å²) in [7, 11) is 0. The molecule has 1 radical (unpaired) electrons. The van der Waals surface area contributed by atoms with Crippen LogP contribution >= 0.6 is 11.6 Å². The summed E-state index contributed by atoms with van der Waals surface area (Å²) in [5.74, 6) is -0.168. The highest BCUT2D eigenvalue weighted by Crippen LogP contribution is 2.27.